The molecule has 0 spiro atoms. The first kappa shape index (κ1) is 9.65. The van der Waals surface area contributed by atoms with Crippen LogP contribution in [-0.4, -0.2) is 4.98 Å². The van der Waals surface area contributed by atoms with Gasteiger partial charge in [0.05, 0.1) is 5.69 Å². The van der Waals surface area contributed by atoms with E-state index in [2.05, 4.69) is 4.98 Å². The van der Waals surface area contributed by atoms with Crippen LogP contribution in [0.4, 0.5) is 10.1 Å². The highest BCUT2D eigenvalue weighted by atomic mass is 19.1. The highest BCUT2D eigenvalue weighted by molar-refractivity contribution is 5.62. The van der Waals surface area contributed by atoms with Crippen LogP contribution in [0.25, 0.3) is 11.3 Å². The zero-order chi connectivity index (χ0) is 10.8. The average Bonchev–Trinajstić information content (AvgIpc) is 2.20. The van der Waals surface area contributed by atoms with Crippen molar-refractivity contribution in [3.63, 3.8) is 0 Å². The van der Waals surface area contributed by atoms with Gasteiger partial charge in [0.1, 0.15) is 5.82 Å². The molecule has 15 heavy (non-hydrogen) atoms. The van der Waals surface area contributed by atoms with Crippen molar-refractivity contribution in [2.45, 2.75) is 6.92 Å². The number of aryl methyl sites for hydroxylation is 1. The number of anilines is 1. The maximum Gasteiger partial charge on any atom is 0.134 e. The summed E-state index contributed by atoms with van der Waals surface area (Å²) in [6.45, 7) is 1.94. The van der Waals surface area contributed by atoms with Crippen LogP contribution >= 0.6 is 0 Å². The Hall–Kier alpha value is -1.90. The van der Waals surface area contributed by atoms with E-state index in [0.717, 1.165) is 5.56 Å². The highest BCUT2D eigenvalue weighted by Crippen LogP contribution is 2.22. The van der Waals surface area contributed by atoms with Crippen molar-refractivity contribution in [3.8, 4) is 11.3 Å². The Morgan fingerprint density at radius 2 is 2.00 bits per heavy atom. The molecule has 2 rings (SSSR count). The van der Waals surface area contributed by atoms with Crippen LogP contribution in [-0.2, 0) is 0 Å². The number of nitrogens with zero attached hydrogens (tertiary/aromatic N) is 1. The summed E-state index contributed by atoms with van der Waals surface area (Å²) < 4.78 is 13.5. The molecule has 0 aliphatic carbocycles. The van der Waals surface area contributed by atoms with Crippen LogP contribution in [0.5, 0.6) is 0 Å². The minimum absolute atomic E-state index is 0.341. The molecule has 2 N–H and O–H groups in total. The summed E-state index contributed by atoms with van der Waals surface area (Å²) in [6, 6.07) is 8.31. The Morgan fingerprint density at radius 1 is 1.20 bits per heavy atom. The molecule has 1 aromatic heterocycles. The van der Waals surface area contributed by atoms with Crippen LogP contribution < -0.4 is 5.73 Å². The largest absolute Gasteiger partial charge is 0.399 e. The topological polar surface area (TPSA) is 38.9 Å². The van der Waals surface area contributed by atoms with Gasteiger partial charge in [0.25, 0.3) is 0 Å². The molecule has 0 fully saturated rings. The van der Waals surface area contributed by atoms with Gasteiger partial charge in [-0.05, 0) is 36.8 Å². The molecule has 76 valence electrons. The van der Waals surface area contributed by atoms with E-state index in [1.54, 1.807) is 24.4 Å². The molecule has 0 radical (unpaired) electrons. The van der Waals surface area contributed by atoms with Crippen LogP contribution in [0.3, 0.4) is 0 Å². The molecule has 0 saturated carbocycles. The van der Waals surface area contributed by atoms with Crippen molar-refractivity contribution in [3.05, 3.63) is 47.9 Å². The third-order valence-corrected chi connectivity index (χ3v) is 2.18. The number of pyridine rings is 1. The van der Waals surface area contributed by atoms with E-state index in [0.29, 0.717) is 16.9 Å². The predicted octanol–water partition coefficient (Wildman–Crippen LogP) is 2.78. The van der Waals surface area contributed by atoms with Gasteiger partial charge in [-0.25, -0.2) is 4.39 Å². The number of rotatable bonds is 1. The van der Waals surface area contributed by atoms with Crippen molar-refractivity contribution < 1.29 is 4.39 Å². The summed E-state index contributed by atoms with van der Waals surface area (Å²) in [4.78, 5) is 4.16. The quantitative estimate of drug-likeness (QED) is 0.722. The number of nitrogens with two attached hydrogens (primary N) is 1. The van der Waals surface area contributed by atoms with Crippen LogP contribution in [0.15, 0.2) is 36.5 Å². The summed E-state index contributed by atoms with van der Waals surface area (Å²) >= 11 is 0. The smallest absolute Gasteiger partial charge is 0.134 e. The minimum Gasteiger partial charge on any atom is -0.399 e. The van der Waals surface area contributed by atoms with Crippen molar-refractivity contribution in [1.29, 1.82) is 0 Å². The first-order chi connectivity index (χ1) is 7.16. The number of benzene rings is 1. The molecule has 1 heterocycles. The second-order valence-corrected chi connectivity index (χ2v) is 3.46. The summed E-state index contributed by atoms with van der Waals surface area (Å²) in [6.07, 6.45) is 1.71. The van der Waals surface area contributed by atoms with Gasteiger partial charge >= 0.3 is 0 Å². The van der Waals surface area contributed by atoms with Gasteiger partial charge in [-0.1, -0.05) is 6.07 Å². The summed E-state index contributed by atoms with van der Waals surface area (Å²) in [5, 5.41) is 0. The van der Waals surface area contributed by atoms with Crippen molar-refractivity contribution >= 4 is 5.69 Å². The zero-order valence-corrected chi connectivity index (χ0v) is 8.37. The molecule has 0 unspecified atom stereocenters. The fraction of sp³-hybridized carbons (Fsp3) is 0.0833. The number of hydrogen-bond donors (Lipinski definition) is 1. The molecular weight excluding hydrogens is 191 g/mol. The van der Waals surface area contributed by atoms with Gasteiger partial charge < -0.3 is 5.73 Å². The third kappa shape index (κ3) is 1.96. The molecule has 1 aromatic carbocycles. The van der Waals surface area contributed by atoms with Crippen molar-refractivity contribution in [2.24, 2.45) is 0 Å². The molecule has 0 bridgehead atoms. The van der Waals surface area contributed by atoms with E-state index >= 15 is 0 Å². The lowest BCUT2D eigenvalue weighted by Crippen LogP contribution is -1.91. The Balaban J connectivity index is 2.49. The standard InChI is InChI=1S/C12H11FN2/c1-8-2-5-12(15-7-8)10-4-3-9(14)6-11(10)13/h2-7H,14H2,1H3. The van der Waals surface area contributed by atoms with Gasteiger partial charge in [0.2, 0.25) is 0 Å². The van der Waals surface area contributed by atoms with E-state index in [1.165, 1.54) is 6.07 Å². The Kier molecular flexibility index (Phi) is 2.37. The van der Waals surface area contributed by atoms with Crippen molar-refractivity contribution in [1.82, 2.24) is 4.98 Å². The second kappa shape index (κ2) is 3.69. The van der Waals surface area contributed by atoms with Crippen LogP contribution in [0.2, 0.25) is 0 Å². The lowest BCUT2D eigenvalue weighted by molar-refractivity contribution is 0.631. The maximum absolute atomic E-state index is 13.5. The molecule has 0 saturated heterocycles. The number of hydrogen-bond acceptors (Lipinski definition) is 2. The van der Waals surface area contributed by atoms with Gasteiger partial charge in [-0.2, -0.15) is 0 Å². The predicted molar refractivity (Wildman–Crippen MR) is 58.8 cm³/mol. The van der Waals surface area contributed by atoms with Crippen molar-refractivity contribution in [2.75, 3.05) is 5.73 Å². The van der Waals surface area contributed by atoms with E-state index in [9.17, 15) is 4.39 Å². The Labute approximate surface area is 87.6 Å². The summed E-state index contributed by atoms with van der Waals surface area (Å²) in [5.74, 6) is -0.341. The molecule has 0 aliphatic rings. The molecule has 0 atom stereocenters. The fourth-order valence-electron chi connectivity index (χ4n) is 1.37. The molecule has 2 aromatic rings. The van der Waals surface area contributed by atoms with Gasteiger partial charge in [-0.3, -0.25) is 4.98 Å². The normalized spacial score (nSPS) is 10.3. The third-order valence-electron chi connectivity index (χ3n) is 2.18. The fourth-order valence-corrected chi connectivity index (χ4v) is 1.37. The van der Waals surface area contributed by atoms with E-state index in [1.807, 2.05) is 13.0 Å². The number of halogens is 1. The van der Waals surface area contributed by atoms with E-state index in [-0.39, 0.29) is 5.82 Å². The Bertz CT molecular complexity index is 477. The van der Waals surface area contributed by atoms with E-state index in [4.69, 9.17) is 5.73 Å². The monoisotopic (exact) mass is 202 g/mol. The first-order valence-corrected chi connectivity index (χ1v) is 4.65. The Morgan fingerprint density at radius 3 is 2.60 bits per heavy atom. The average molecular weight is 202 g/mol. The lowest BCUT2D eigenvalue weighted by atomic mass is 10.1. The molecule has 0 aliphatic heterocycles. The first-order valence-electron chi connectivity index (χ1n) is 4.65. The lowest BCUT2D eigenvalue weighted by Gasteiger charge is -2.03. The minimum atomic E-state index is -0.341. The van der Waals surface area contributed by atoms with Gasteiger partial charge in [-0.15, -0.1) is 0 Å². The zero-order valence-electron chi connectivity index (χ0n) is 8.37. The molecular formula is C12H11FN2. The molecule has 0 amide bonds. The van der Waals surface area contributed by atoms with Gasteiger partial charge in [0, 0.05) is 17.4 Å². The number of aromatic nitrogens is 1. The summed E-state index contributed by atoms with van der Waals surface area (Å²) in [5.41, 5.74) is 8.04. The number of nitrogen functional groups attached to an aromatic ring is 1. The van der Waals surface area contributed by atoms with E-state index < -0.39 is 0 Å². The van der Waals surface area contributed by atoms with Gasteiger partial charge in [0.15, 0.2) is 0 Å². The SMILES string of the molecule is Cc1ccc(-c2ccc(N)cc2F)nc1. The second-order valence-electron chi connectivity index (χ2n) is 3.46. The maximum atomic E-state index is 13.5. The van der Waals surface area contributed by atoms with Crippen LogP contribution in [0.1, 0.15) is 5.56 Å². The summed E-state index contributed by atoms with van der Waals surface area (Å²) in [7, 11) is 0. The van der Waals surface area contributed by atoms with Crippen LogP contribution in [0, 0.1) is 12.7 Å². The molecule has 2 nitrogen and oxygen atoms in total. The molecule has 3 heteroatoms. The highest BCUT2D eigenvalue weighted by Gasteiger charge is 2.05.